The minimum atomic E-state index is -4.11. The van der Waals surface area contributed by atoms with Crippen molar-refractivity contribution in [2.45, 2.75) is 51.0 Å². The summed E-state index contributed by atoms with van der Waals surface area (Å²) in [6, 6.07) is 3.81. The summed E-state index contributed by atoms with van der Waals surface area (Å²) in [4.78, 5) is 63.0. The van der Waals surface area contributed by atoms with Gasteiger partial charge in [-0.15, -0.1) is 0 Å². The number of anilines is 1. The molecular formula is C23H29N5O8S. The van der Waals surface area contributed by atoms with Crippen molar-refractivity contribution in [1.82, 2.24) is 19.8 Å². The normalized spacial score (nSPS) is 19.4. The van der Waals surface area contributed by atoms with Gasteiger partial charge in [-0.05, 0) is 43.9 Å². The lowest BCUT2D eigenvalue weighted by Crippen LogP contribution is -2.54. The van der Waals surface area contributed by atoms with E-state index >= 15 is 0 Å². The molecule has 3 aliphatic heterocycles. The van der Waals surface area contributed by atoms with Gasteiger partial charge in [-0.2, -0.15) is 13.1 Å². The zero-order chi connectivity index (χ0) is 26.6. The largest absolute Gasteiger partial charge is 0.426 e. The first-order valence-corrected chi connectivity index (χ1v) is 13.6. The number of hydrogen-bond acceptors (Lipinski definition) is 9. The van der Waals surface area contributed by atoms with Gasteiger partial charge in [0.2, 0.25) is 11.8 Å². The zero-order valence-corrected chi connectivity index (χ0v) is 21.0. The van der Waals surface area contributed by atoms with E-state index in [9.17, 15) is 32.4 Å². The number of nitrogens with zero attached hydrogens (tertiary/aromatic N) is 2. The van der Waals surface area contributed by atoms with E-state index in [1.165, 1.54) is 4.90 Å². The predicted octanol–water partition coefficient (Wildman–Crippen LogP) is 0.737. The van der Waals surface area contributed by atoms with Crippen LogP contribution in [-0.2, 0) is 24.1 Å². The van der Waals surface area contributed by atoms with E-state index in [-0.39, 0.29) is 30.5 Å². The van der Waals surface area contributed by atoms with Gasteiger partial charge in [0, 0.05) is 38.3 Å². The summed E-state index contributed by atoms with van der Waals surface area (Å²) in [5.74, 6) is -2.18. The molecule has 14 heteroatoms. The SMILES string of the molecule is O=C1CCC(N2C(=O)c3ccc(NCCCCCCNS(=O)(=O)OC(=O)N4CCC4)cc3C2=O)C(=O)N1. The van der Waals surface area contributed by atoms with Crippen LogP contribution in [-0.4, -0.2) is 80.2 Å². The summed E-state index contributed by atoms with van der Waals surface area (Å²) < 4.78 is 30.3. The molecule has 3 N–H and O–H groups in total. The molecule has 2 saturated heterocycles. The van der Waals surface area contributed by atoms with E-state index in [2.05, 4.69) is 19.5 Å². The van der Waals surface area contributed by atoms with Gasteiger partial charge in [0.15, 0.2) is 0 Å². The quantitative estimate of drug-likeness (QED) is 0.273. The molecule has 200 valence electrons. The first-order valence-electron chi connectivity index (χ1n) is 12.2. The summed E-state index contributed by atoms with van der Waals surface area (Å²) >= 11 is 0. The molecule has 0 bridgehead atoms. The molecule has 13 nitrogen and oxygen atoms in total. The van der Waals surface area contributed by atoms with Gasteiger partial charge < -0.3 is 14.4 Å². The number of benzene rings is 1. The summed E-state index contributed by atoms with van der Waals surface area (Å²) in [6.07, 6.45) is 3.07. The number of likely N-dealkylation sites (tertiary alicyclic amines) is 1. The number of carbonyl (C=O) groups is 5. The fraction of sp³-hybridized carbons (Fsp3) is 0.522. The molecule has 4 rings (SSSR count). The van der Waals surface area contributed by atoms with Gasteiger partial charge in [0.1, 0.15) is 6.04 Å². The van der Waals surface area contributed by atoms with Gasteiger partial charge in [-0.1, -0.05) is 12.8 Å². The standard InChI is InChI=1S/C23H29N5O8S/c29-19-9-8-18(20(30)26-19)28-21(31)16-7-6-15(14-17(16)22(28)32)24-10-3-1-2-4-11-25-37(34,35)36-23(33)27-12-5-13-27/h6-7,14,18,24-25H,1-5,8-13H2,(H,26,29,30). The van der Waals surface area contributed by atoms with E-state index in [0.717, 1.165) is 30.6 Å². The van der Waals surface area contributed by atoms with Crippen LogP contribution >= 0.6 is 0 Å². The fourth-order valence-electron chi connectivity index (χ4n) is 4.29. The lowest BCUT2D eigenvalue weighted by atomic mass is 10.0. The Balaban J connectivity index is 1.16. The van der Waals surface area contributed by atoms with Crippen molar-refractivity contribution in [1.29, 1.82) is 0 Å². The van der Waals surface area contributed by atoms with Crippen LogP contribution in [0.15, 0.2) is 18.2 Å². The molecule has 0 aromatic heterocycles. The predicted molar refractivity (Wildman–Crippen MR) is 130 cm³/mol. The molecule has 5 amide bonds. The number of rotatable bonds is 11. The summed E-state index contributed by atoms with van der Waals surface area (Å²) in [6.45, 7) is 1.76. The molecule has 3 heterocycles. The summed E-state index contributed by atoms with van der Waals surface area (Å²) in [5, 5.41) is 5.37. The molecule has 1 aromatic carbocycles. The molecular weight excluding hydrogens is 506 g/mol. The maximum atomic E-state index is 12.9. The van der Waals surface area contributed by atoms with Crippen LogP contribution in [0.4, 0.5) is 10.5 Å². The molecule has 0 spiro atoms. The monoisotopic (exact) mass is 535 g/mol. The highest BCUT2D eigenvalue weighted by Crippen LogP contribution is 2.29. The number of fused-ring (bicyclic) bond motifs is 1. The number of hydrogen-bond donors (Lipinski definition) is 3. The molecule has 0 saturated carbocycles. The molecule has 1 aromatic rings. The number of amides is 5. The Hall–Kier alpha value is -3.52. The first-order chi connectivity index (χ1) is 17.7. The van der Waals surface area contributed by atoms with Gasteiger partial charge in [-0.3, -0.25) is 29.4 Å². The van der Waals surface area contributed by atoms with Crippen LogP contribution in [0.1, 0.15) is 65.7 Å². The van der Waals surface area contributed by atoms with Gasteiger partial charge in [-0.25, -0.2) is 4.79 Å². The van der Waals surface area contributed by atoms with Gasteiger partial charge in [0.05, 0.1) is 11.1 Å². The van der Waals surface area contributed by atoms with E-state index in [0.29, 0.717) is 31.7 Å². The van der Waals surface area contributed by atoms with E-state index in [1.54, 1.807) is 18.2 Å². The van der Waals surface area contributed by atoms with Crippen molar-refractivity contribution < 1.29 is 36.6 Å². The minimum Gasteiger partial charge on any atom is -0.385 e. The number of nitrogens with one attached hydrogen (secondary N) is 3. The van der Waals surface area contributed by atoms with Crippen molar-refractivity contribution in [2.24, 2.45) is 0 Å². The summed E-state index contributed by atoms with van der Waals surface area (Å²) in [5.41, 5.74) is 1.09. The van der Waals surface area contributed by atoms with Crippen molar-refractivity contribution in [3.8, 4) is 0 Å². The van der Waals surface area contributed by atoms with Crippen LogP contribution in [0.2, 0.25) is 0 Å². The second kappa shape index (κ2) is 11.3. The fourth-order valence-corrected chi connectivity index (χ4v) is 5.04. The maximum Gasteiger partial charge on any atom is 0.426 e. The van der Waals surface area contributed by atoms with Gasteiger partial charge >= 0.3 is 16.4 Å². The highest BCUT2D eigenvalue weighted by molar-refractivity contribution is 7.85. The number of unbranched alkanes of at least 4 members (excludes halogenated alkanes) is 3. The van der Waals surface area contributed by atoms with Crippen LogP contribution in [0, 0.1) is 0 Å². The van der Waals surface area contributed by atoms with Crippen molar-refractivity contribution >= 4 is 45.7 Å². The van der Waals surface area contributed by atoms with Crippen LogP contribution in [0.25, 0.3) is 0 Å². The molecule has 0 aliphatic carbocycles. The molecule has 37 heavy (non-hydrogen) atoms. The van der Waals surface area contributed by atoms with E-state index in [1.807, 2.05) is 0 Å². The highest BCUT2D eigenvalue weighted by Gasteiger charge is 2.44. The number of imide groups is 2. The molecule has 0 radical (unpaired) electrons. The number of carbonyl (C=O) groups excluding carboxylic acids is 5. The third kappa shape index (κ3) is 6.25. The third-order valence-corrected chi connectivity index (χ3v) is 7.37. The Morgan fingerprint density at radius 1 is 1.00 bits per heavy atom. The van der Waals surface area contributed by atoms with Crippen molar-refractivity contribution in [3.63, 3.8) is 0 Å². The lowest BCUT2D eigenvalue weighted by molar-refractivity contribution is -0.136. The Kier molecular flexibility index (Phi) is 8.07. The second-order valence-corrected chi connectivity index (χ2v) is 10.5. The Morgan fingerprint density at radius 3 is 2.38 bits per heavy atom. The average molecular weight is 536 g/mol. The molecule has 3 aliphatic rings. The van der Waals surface area contributed by atoms with Gasteiger partial charge in [0.25, 0.3) is 11.8 Å². The van der Waals surface area contributed by atoms with Crippen LogP contribution in [0.5, 0.6) is 0 Å². The van der Waals surface area contributed by atoms with E-state index in [4.69, 9.17) is 0 Å². The topological polar surface area (TPSA) is 171 Å². The van der Waals surface area contributed by atoms with Crippen LogP contribution in [0.3, 0.4) is 0 Å². The third-order valence-electron chi connectivity index (χ3n) is 6.45. The first kappa shape index (κ1) is 26.5. The maximum absolute atomic E-state index is 12.9. The molecule has 1 atom stereocenters. The molecule has 2 fully saturated rings. The Labute approximate surface area is 214 Å². The zero-order valence-electron chi connectivity index (χ0n) is 20.2. The molecule has 1 unspecified atom stereocenters. The summed E-state index contributed by atoms with van der Waals surface area (Å²) in [7, 11) is -4.11. The second-order valence-electron chi connectivity index (χ2n) is 9.09. The Bertz CT molecular complexity index is 1210. The van der Waals surface area contributed by atoms with E-state index < -0.39 is 46.1 Å². The minimum absolute atomic E-state index is 0.0642. The number of piperidine rings is 1. The smallest absolute Gasteiger partial charge is 0.385 e. The highest BCUT2D eigenvalue weighted by atomic mass is 32.2. The average Bonchev–Trinajstić information content (AvgIpc) is 3.04. The van der Waals surface area contributed by atoms with Crippen LogP contribution < -0.4 is 15.4 Å². The lowest BCUT2D eigenvalue weighted by Gasteiger charge is -2.29. The van der Waals surface area contributed by atoms with Crippen molar-refractivity contribution in [2.75, 3.05) is 31.5 Å². The Morgan fingerprint density at radius 2 is 1.70 bits per heavy atom. The van der Waals surface area contributed by atoms with Crippen molar-refractivity contribution in [3.05, 3.63) is 29.3 Å².